The molecule has 0 spiro atoms. The van der Waals surface area contributed by atoms with Crippen molar-refractivity contribution in [2.75, 3.05) is 6.61 Å². The fourth-order valence-corrected chi connectivity index (χ4v) is 9.87. The number of rotatable bonds is 56. The minimum Gasteiger partial charge on any atom is -0.394 e. The zero-order valence-electron chi connectivity index (χ0n) is 44.0. The average Bonchev–Trinajstić information content (AvgIpc) is 3.30. The van der Waals surface area contributed by atoms with Crippen molar-refractivity contribution in [2.24, 2.45) is 0 Å². The van der Waals surface area contributed by atoms with Crippen LogP contribution < -0.4 is 5.32 Å². The van der Waals surface area contributed by atoms with Gasteiger partial charge in [-0.15, -0.1) is 0 Å². The van der Waals surface area contributed by atoms with Gasteiger partial charge in [-0.1, -0.05) is 328 Å². The lowest BCUT2D eigenvalue weighted by atomic mass is 9.99. The molecule has 0 aliphatic rings. The zero-order valence-corrected chi connectivity index (χ0v) is 44.0. The highest BCUT2D eigenvalue weighted by molar-refractivity contribution is 5.76. The molecule has 0 bridgehead atoms. The SMILES string of the molecule is CCCCCCCCCCCCCCCCCCCCCCCCCCCCCCCCCCCC(=O)NC(CO)C(O)C(O)CCCCCCCCCCCCCCCCCCC. The summed E-state index contributed by atoms with van der Waals surface area (Å²) >= 11 is 0. The first kappa shape index (κ1) is 63.4. The monoisotopic (exact) mass is 906 g/mol. The van der Waals surface area contributed by atoms with Crippen LogP contribution in [0, 0.1) is 0 Å². The molecule has 0 fully saturated rings. The zero-order chi connectivity index (χ0) is 46.5. The van der Waals surface area contributed by atoms with E-state index in [9.17, 15) is 20.1 Å². The summed E-state index contributed by atoms with van der Waals surface area (Å²) in [6.45, 7) is 4.23. The van der Waals surface area contributed by atoms with Crippen molar-refractivity contribution >= 4 is 5.91 Å². The van der Waals surface area contributed by atoms with Crippen LogP contribution in [0.2, 0.25) is 0 Å². The second-order valence-corrected chi connectivity index (χ2v) is 20.9. The van der Waals surface area contributed by atoms with E-state index in [0.717, 1.165) is 32.1 Å². The fraction of sp³-hybridized carbons (Fsp3) is 0.983. The normalized spacial score (nSPS) is 13.1. The maximum Gasteiger partial charge on any atom is 0.220 e. The molecule has 0 radical (unpaired) electrons. The summed E-state index contributed by atoms with van der Waals surface area (Å²) in [5.74, 6) is -0.135. The summed E-state index contributed by atoms with van der Waals surface area (Å²) in [6, 6.07) is -0.804. The highest BCUT2D eigenvalue weighted by Gasteiger charge is 2.26. The Labute approximate surface area is 402 Å². The third-order valence-electron chi connectivity index (χ3n) is 14.5. The number of nitrogens with one attached hydrogen (secondary N) is 1. The van der Waals surface area contributed by atoms with E-state index in [-0.39, 0.29) is 12.5 Å². The van der Waals surface area contributed by atoms with E-state index in [1.807, 2.05) is 0 Å². The summed E-state index contributed by atoms with van der Waals surface area (Å²) in [5.41, 5.74) is 0. The van der Waals surface area contributed by atoms with Crippen molar-refractivity contribution in [1.29, 1.82) is 0 Å². The fourth-order valence-electron chi connectivity index (χ4n) is 9.87. The second kappa shape index (κ2) is 55.0. The Bertz CT molecular complexity index is 868. The smallest absolute Gasteiger partial charge is 0.220 e. The van der Waals surface area contributed by atoms with E-state index in [0.29, 0.717) is 12.8 Å². The lowest BCUT2D eigenvalue weighted by molar-refractivity contribution is -0.124. The van der Waals surface area contributed by atoms with E-state index in [4.69, 9.17) is 0 Å². The number of carbonyl (C=O) groups is 1. The van der Waals surface area contributed by atoms with Crippen molar-refractivity contribution in [3.8, 4) is 0 Å². The molecule has 4 N–H and O–H groups in total. The molecule has 0 saturated carbocycles. The summed E-state index contributed by atoms with van der Waals surface area (Å²) < 4.78 is 0. The molecule has 0 aromatic carbocycles. The van der Waals surface area contributed by atoms with E-state index in [1.54, 1.807) is 0 Å². The van der Waals surface area contributed by atoms with E-state index < -0.39 is 18.2 Å². The Morgan fingerprint density at radius 1 is 0.328 bits per heavy atom. The molecule has 1 amide bonds. The number of hydrogen-bond acceptors (Lipinski definition) is 4. The van der Waals surface area contributed by atoms with Crippen molar-refractivity contribution in [3.63, 3.8) is 0 Å². The maximum absolute atomic E-state index is 12.5. The molecule has 0 aromatic heterocycles. The first-order valence-electron chi connectivity index (χ1n) is 29.8. The van der Waals surface area contributed by atoms with Crippen molar-refractivity contribution in [2.45, 2.75) is 366 Å². The number of aliphatic hydroxyl groups is 3. The van der Waals surface area contributed by atoms with Gasteiger partial charge in [-0.2, -0.15) is 0 Å². The first-order valence-corrected chi connectivity index (χ1v) is 29.8. The highest BCUT2D eigenvalue weighted by atomic mass is 16.3. The Kier molecular flexibility index (Phi) is 54.4. The van der Waals surface area contributed by atoms with Crippen molar-refractivity contribution < 1.29 is 20.1 Å². The number of amides is 1. The summed E-state index contributed by atoms with van der Waals surface area (Å²) in [4.78, 5) is 12.5. The minimum atomic E-state index is -1.13. The number of aliphatic hydroxyl groups excluding tert-OH is 3. The van der Waals surface area contributed by atoms with Gasteiger partial charge in [-0.25, -0.2) is 0 Å². The van der Waals surface area contributed by atoms with Gasteiger partial charge in [0.15, 0.2) is 0 Å². The molecule has 3 unspecified atom stereocenters. The molecule has 0 aromatic rings. The van der Waals surface area contributed by atoms with Gasteiger partial charge < -0.3 is 20.6 Å². The van der Waals surface area contributed by atoms with Crippen LogP contribution in [0.15, 0.2) is 0 Å². The summed E-state index contributed by atoms with van der Waals surface area (Å²) in [7, 11) is 0. The van der Waals surface area contributed by atoms with Crippen LogP contribution in [0.3, 0.4) is 0 Å². The molecule has 5 heteroatoms. The molecule has 0 heterocycles. The second-order valence-electron chi connectivity index (χ2n) is 20.9. The highest BCUT2D eigenvalue weighted by Crippen LogP contribution is 2.19. The van der Waals surface area contributed by atoms with Crippen LogP contribution in [-0.4, -0.2) is 46.1 Å². The number of carbonyl (C=O) groups excluding carboxylic acids is 1. The first-order chi connectivity index (χ1) is 31.6. The van der Waals surface area contributed by atoms with Crippen molar-refractivity contribution in [1.82, 2.24) is 5.32 Å². The van der Waals surface area contributed by atoms with Crippen LogP contribution >= 0.6 is 0 Å². The van der Waals surface area contributed by atoms with Gasteiger partial charge in [-0.3, -0.25) is 4.79 Å². The van der Waals surface area contributed by atoms with E-state index >= 15 is 0 Å². The Balaban J connectivity index is 3.43. The van der Waals surface area contributed by atoms with Gasteiger partial charge in [0, 0.05) is 6.42 Å². The van der Waals surface area contributed by atoms with Gasteiger partial charge in [0.25, 0.3) is 0 Å². The van der Waals surface area contributed by atoms with E-state index in [1.165, 1.54) is 289 Å². The molecule has 0 rings (SSSR count). The minimum absolute atomic E-state index is 0.135. The van der Waals surface area contributed by atoms with Gasteiger partial charge >= 0.3 is 0 Å². The summed E-state index contributed by atoms with van der Waals surface area (Å²) in [6.07, 6.45) is 67.1. The quantitative estimate of drug-likeness (QED) is 0.0458. The molecule has 0 aliphatic heterocycles. The Hall–Kier alpha value is -0.650. The molecular weight excluding hydrogens is 787 g/mol. The van der Waals surface area contributed by atoms with Crippen molar-refractivity contribution in [3.05, 3.63) is 0 Å². The molecule has 64 heavy (non-hydrogen) atoms. The van der Waals surface area contributed by atoms with Crippen LogP contribution in [-0.2, 0) is 4.79 Å². The Morgan fingerprint density at radius 3 is 0.750 bits per heavy atom. The lowest BCUT2D eigenvalue weighted by Gasteiger charge is -2.26. The molecule has 0 aliphatic carbocycles. The molecule has 5 nitrogen and oxygen atoms in total. The predicted octanol–water partition coefficient (Wildman–Crippen LogP) is 18.5. The van der Waals surface area contributed by atoms with Gasteiger partial charge in [0.1, 0.15) is 6.10 Å². The van der Waals surface area contributed by atoms with Crippen LogP contribution in [0.4, 0.5) is 0 Å². The number of hydrogen-bond donors (Lipinski definition) is 4. The third kappa shape index (κ3) is 49.3. The number of unbranched alkanes of at least 4 members (excludes halogenated alkanes) is 48. The van der Waals surface area contributed by atoms with Gasteiger partial charge in [0.2, 0.25) is 5.91 Å². The third-order valence-corrected chi connectivity index (χ3v) is 14.5. The predicted molar refractivity (Wildman–Crippen MR) is 282 cm³/mol. The lowest BCUT2D eigenvalue weighted by Crippen LogP contribution is -2.50. The summed E-state index contributed by atoms with van der Waals surface area (Å²) in [5, 5.41) is 33.8. The molecule has 384 valence electrons. The maximum atomic E-state index is 12.5. The Morgan fingerprint density at radius 2 is 0.531 bits per heavy atom. The largest absolute Gasteiger partial charge is 0.394 e. The van der Waals surface area contributed by atoms with Gasteiger partial charge in [0.05, 0.1) is 18.8 Å². The van der Waals surface area contributed by atoms with E-state index in [2.05, 4.69) is 19.2 Å². The standard InChI is InChI=1S/C59H119NO4/c1-3-5-7-9-11-13-15-17-19-21-22-23-24-25-26-27-28-29-30-31-32-33-34-35-36-38-40-42-44-46-48-50-52-54-58(63)60-56(55-61)59(64)57(62)53-51-49-47-45-43-41-39-37-20-18-16-14-12-10-8-6-4-2/h56-57,59,61-62,64H,3-55H2,1-2H3,(H,60,63). The van der Waals surface area contributed by atoms with Crippen LogP contribution in [0.5, 0.6) is 0 Å². The molecule has 0 saturated heterocycles. The van der Waals surface area contributed by atoms with Gasteiger partial charge in [-0.05, 0) is 12.8 Å². The average molecular weight is 907 g/mol. The molecule has 3 atom stereocenters. The topological polar surface area (TPSA) is 89.8 Å². The molecular formula is C59H119NO4. The van der Waals surface area contributed by atoms with Crippen LogP contribution in [0.1, 0.15) is 348 Å². The van der Waals surface area contributed by atoms with Crippen LogP contribution in [0.25, 0.3) is 0 Å².